The molecule has 2 rings (SSSR count). The zero-order valence-corrected chi connectivity index (χ0v) is 13.1. The molecule has 1 saturated carbocycles. The maximum atomic E-state index is 12.4. The van der Waals surface area contributed by atoms with E-state index in [1.54, 1.807) is 19.1 Å². The molecule has 20 heavy (non-hydrogen) atoms. The van der Waals surface area contributed by atoms with E-state index >= 15 is 0 Å². The first-order chi connectivity index (χ1) is 9.40. The van der Waals surface area contributed by atoms with E-state index in [0.29, 0.717) is 28.6 Å². The van der Waals surface area contributed by atoms with E-state index in [9.17, 15) is 8.42 Å². The molecular weight excluding hydrogens is 272 g/mol. The Morgan fingerprint density at radius 1 is 1.20 bits per heavy atom. The molecule has 0 saturated heterocycles. The van der Waals surface area contributed by atoms with Gasteiger partial charge in [-0.2, -0.15) is 0 Å². The van der Waals surface area contributed by atoms with Crippen LogP contribution in [0.25, 0.3) is 0 Å². The highest BCUT2D eigenvalue weighted by Gasteiger charge is 2.21. The van der Waals surface area contributed by atoms with Crippen molar-refractivity contribution in [1.29, 1.82) is 0 Å². The number of aryl methyl sites for hydroxylation is 1. The van der Waals surface area contributed by atoms with Crippen molar-refractivity contribution in [3.8, 4) is 0 Å². The SMILES string of the molecule is Cc1cc(N)c(C)c(S(=O)(=O)NCC2CCCCC2)c1. The summed E-state index contributed by atoms with van der Waals surface area (Å²) in [6.45, 7) is 4.15. The smallest absolute Gasteiger partial charge is 0.240 e. The highest BCUT2D eigenvalue weighted by Crippen LogP contribution is 2.25. The number of benzene rings is 1. The Morgan fingerprint density at radius 3 is 2.50 bits per heavy atom. The fourth-order valence-corrected chi connectivity index (χ4v) is 4.30. The molecule has 0 bridgehead atoms. The van der Waals surface area contributed by atoms with Crippen molar-refractivity contribution in [2.75, 3.05) is 12.3 Å². The second-order valence-corrected chi connectivity index (χ2v) is 7.57. The summed E-state index contributed by atoms with van der Waals surface area (Å²) in [5.74, 6) is 0.473. The summed E-state index contributed by atoms with van der Waals surface area (Å²) in [7, 11) is -3.47. The molecule has 0 aliphatic heterocycles. The van der Waals surface area contributed by atoms with E-state index in [4.69, 9.17) is 5.73 Å². The molecule has 0 heterocycles. The second-order valence-electron chi connectivity index (χ2n) is 5.83. The minimum absolute atomic E-state index is 0.311. The van der Waals surface area contributed by atoms with Crippen molar-refractivity contribution < 1.29 is 8.42 Å². The molecule has 5 heteroatoms. The molecule has 1 fully saturated rings. The molecule has 1 aromatic carbocycles. The summed E-state index contributed by atoms with van der Waals surface area (Å²) < 4.78 is 27.6. The minimum atomic E-state index is -3.47. The lowest BCUT2D eigenvalue weighted by atomic mass is 9.90. The van der Waals surface area contributed by atoms with Crippen molar-refractivity contribution in [2.45, 2.75) is 50.8 Å². The van der Waals surface area contributed by atoms with E-state index in [2.05, 4.69) is 4.72 Å². The number of hydrogen-bond donors (Lipinski definition) is 2. The molecule has 0 aromatic heterocycles. The third-order valence-electron chi connectivity index (χ3n) is 4.12. The van der Waals surface area contributed by atoms with Crippen LogP contribution in [0.15, 0.2) is 17.0 Å². The van der Waals surface area contributed by atoms with Gasteiger partial charge in [0.1, 0.15) is 0 Å². The van der Waals surface area contributed by atoms with Gasteiger partial charge >= 0.3 is 0 Å². The Bertz CT molecular complexity index is 576. The summed E-state index contributed by atoms with van der Waals surface area (Å²) in [6, 6.07) is 3.49. The Labute approximate surface area is 121 Å². The maximum absolute atomic E-state index is 12.4. The van der Waals surface area contributed by atoms with Gasteiger partial charge in [-0.1, -0.05) is 19.3 Å². The molecule has 112 valence electrons. The molecule has 3 N–H and O–H groups in total. The Morgan fingerprint density at radius 2 is 1.85 bits per heavy atom. The van der Waals surface area contributed by atoms with Crippen LogP contribution in [-0.2, 0) is 10.0 Å². The van der Waals surface area contributed by atoms with Gasteiger partial charge in [0.2, 0.25) is 10.0 Å². The first kappa shape index (κ1) is 15.3. The molecule has 1 aliphatic rings. The van der Waals surface area contributed by atoms with Crippen LogP contribution in [0, 0.1) is 19.8 Å². The second kappa shape index (κ2) is 6.14. The average Bonchev–Trinajstić information content (AvgIpc) is 2.42. The van der Waals surface area contributed by atoms with E-state index in [1.165, 1.54) is 19.3 Å². The lowest BCUT2D eigenvalue weighted by molar-refractivity contribution is 0.357. The number of sulfonamides is 1. The van der Waals surface area contributed by atoms with Crippen molar-refractivity contribution >= 4 is 15.7 Å². The first-order valence-corrected chi connectivity index (χ1v) is 8.75. The maximum Gasteiger partial charge on any atom is 0.240 e. The Kier molecular flexibility index (Phi) is 4.70. The number of nitrogens with one attached hydrogen (secondary N) is 1. The minimum Gasteiger partial charge on any atom is -0.398 e. The molecule has 1 aliphatic carbocycles. The third-order valence-corrected chi connectivity index (χ3v) is 5.67. The topological polar surface area (TPSA) is 72.2 Å². The molecule has 4 nitrogen and oxygen atoms in total. The van der Waals surface area contributed by atoms with Crippen molar-refractivity contribution in [1.82, 2.24) is 4.72 Å². The predicted octanol–water partition coefficient (Wildman–Crippen LogP) is 2.74. The summed E-state index contributed by atoms with van der Waals surface area (Å²) >= 11 is 0. The van der Waals surface area contributed by atoms with Crippen LogP contribution < -0.4 is 10.5 Å². The van der Waals surface area contributed by atoms with Crippen LogP contribution in [0.3, 0.4) is 0 Å². The molecule has 1 aromatic rings. The summed E-state index contributed by atoms with van der Waals surface area (Å²) in [5, 5.41) is 0. The van der Waals surface area contributed by atoms with Gasteiger partial charge in [-0.05, 0) is 55.9 Å². The monoisotopic (exact) mass is 296 g/mol. The van der Waals surface area contributed by atoms with Crippen LogP contribution in [0.2, 0.25) is 0 Å². The van der Waals surface area contributed by atoms with Crippen LogP contribution in [0.1, 0.15) is 43.2 Å². The lowest BCUT2D eigenvalue weighted by Gasteiger charge is -2.22. The molecule has 0 unspecified atom stereocenters. The average molecular weight is 296 g/mol. The fraction of sp³-hybridized carbons (Fsp3) is 0.600. The molecule has 0 amide bonds. The number of rotatable bonds is 4. The van der Waals surface area contributed by atoms with Gasteiger partial charge in [0.05, 0.1) is 4.90 Å². The van der Waals surface area contributed by atoms with E-state index in [0.717, 1.165) is 18.4 Å². The van der Waals surface area contributed by atoms with Gasteiger partial charge in [0, 0.05) is 12.2 Å². The van der Waals surface area contributed by atoms with Crippen LogP contribution in [0.5, 0.6) is 0 Å². The van der Waals surface area contributed by atoms with Gasteiger partial charge in [0.25, 0.3) is 0 Å². The molecular formula is C15H24N2O2S. The normalized spacial score (nSPS) is 17.3. The van der Waals surface area contributed by atoms with Crippen LogP contribution >= 0.6 is 0 Å². The zero-order valence-electron chi connectivity index (χ0n) is 12.3. The fourth-order valence-electron chi connectivity index (χ4n) is 2.83. The van der Waals surface area contributed by atoms with Gasteiger partial charge < -0.3 is 5.73 Å². The quantitative estimate of drug-likeness (QED) is 0.839. The van der Waals surface area contributed by atoms with Gasteiger partial charge in [-0.3, -0.25) is 0 Å². The van der Waals surface area contributed by atoms with E-state index in [-0.39, 0.29) is 0 Å². The summed E-state index contributed by atoms with van der Waals surface area (Å²) in [6.07, 6.45) is 5.94. The lowest BCUT2D eigenvalue weighted by Crippen LogP contribution is -2.31. The van der Waals surface area contributed by atoms with Crippen molar-refractivity contribution in [2.24, 2.45) is 5.92 Å². The molecule has 0 radical (unpaired) electrons. The molecule has 0 atom stereocenters. The Hall–Kier alpha value is -1.07. The predicted molar refractivity (Wildman–Crippen MR) is 82.1 cm³/mol. The van der Waals surface area contributed by atoms with Gasteiger partial charge in [0.15, 0.2) is 0 Å². The van der Waals surface area contributed by atoms with Crippen LogP contribution in [0.4, 0.5) is 5.69 Å². The largest absolute Gasteiger partial charge is 0.398 e. The van der Waals surface area contributed by atoms with Crippen molar-refractivity contribution in [3.63, 3.8) is 0 Å². The van der Waals surface area contributed by atoms with Crippen LogP contribution in [-0.4, -0.2) is 15.0 Å². The number of nitrogens with two attached hydrogens (primary N) is 1. The van der Waals surface area contributed by atoms with Gasteiger partial charge in [-0.15, -0.1) is 0 Å². The third kappa shape index (κ3) is 3.52. The highest BCUT2D eigenvalue weighted by molar-refractivity contribution is 7.89. The highest BCUT2D eigenvalue weighted by atomic mass is 32.2. The first-order valence-electron chi connectivity index (χ1n) is 7.26. The number of anilines is 1. The molecule has 0 spiro atoms. The number of nitrogen functional groups attached to an aromatic ring is 1. The summed E-state index contributed by atoms with van der Waals surface area (Å²) in [4.78, 5) is 0.311. The number of hydrogen-bond acceptors (Lipinski definition) is 3. The van der Waals surface area contributed by atoms with E-state index in [1.807, 2.05) is 6.92 Å². The summed E-state index contributed by atoms with van der Waals surface area (Å²) in [5.41, 5.74) is 7.89. The zero-order chi connectivity index (χ0) is 14.8. The van der Waals surface area contributed by atoms with Crippen molar-refractivity contribution in [3.05, 3.63) is 23.3 Å². The standard InChI is InChI=1S/C15H24N2O2S/c1-11-8-14(16)12(2)15(9-11)20(18,19)17-10-13-6-4-3-5-7-13/h8-9,13,17H,3-7,10,16H2,1-2H3. The van der Waals surface area contributed by atoms with Gasteiger partial charge in [-0.25, -0.2) is 13.1 Å². The Balaban J connectivity index is 2.14. The van der Waals surface area contributed by atoms with E-state index < -0.39 is 10.0 Å².